The van der Waals surface area contributed by atoms with Crippen molar-refractivity contribution < 1.29 is 23.8 Å². The lowest BCUT2D eigenvalue weighted by atomic mass is 9.69. The highest BCUT2D eigenvalue weighted by molar-refractivity contribution is 6.30. The van der Waals surface area contributed by atoms with Gasteiger partial charge in [-0.3, -0.25) is 14.6 Å². The van der Waals surface area contributed by atoms with Gasteiger partial charge in [0.15, 0.2) is 17.3 Å². The summed E-state index contributed by atoms with van der Waals surface area (Å²) < 4.78 is 16.4. The number of hydrogen-bond acceptors (Lipinski definition) is 6. The van der Waals surface area contributed by atoms with Crippen LogP contribution < -0.4 is 9.47 Å². The number of carbonyl (C=O) groups excluding carboxylic acids is 2. The first-order chi connectivity index (χ1) is 16.0. The predicted molar refractivity (Wildman–Crippen MR) is 124 cm³/mol. The molecule has 2 aromatic carbocycles. The molecule has 0 amide bonds. The molecule has 0 fully saturated rings. The smallest absolute Gasteiger partial charge is 0.315 e. The van der Waals surface area contributed by atoms with Crippen molar-refractivity contribution in [2.75, 3.05) is 13.4 Å². The standard InChI is InChI=1S/C26H24ClNO5/c1-3-31-26(30)23-14(2)28-19-10-17(15-4-7-18(27)8-5-15)11-20(29)25(19)24(23)16-6-9-21-22(12-16)33-13-32-21/h4-9,12,17,23-24H,3,10-11,13H2,1-2H3/t17-,23?,24+/m0/s1. The van der Waals surface area contributed by atoms with Crippen molar-refractivity contribution in [3.05, 3.63) is 69.9 Å². The average molecular weight is 466 g/mol. The van der Waals surface area contributed by atoms with E-state index in [1.54, 1.807) is 6.92 Å². The topological polar surface area (TPSA) is 74.2 Å². The Morgan fingerprint density at radius 3 is 2.58 bits per heavy atom. The van der Waals surface area contributed by atoms with Crippen molar-refractivity contribution in [2.24, 2.45) is 10.9 Å². The maximum absolute atomic E-state index is 13.6. The molecule has 33 heavy (non-hydrogen) atoms. The number of rotatable bonds is 4. The van der Waals surface area contributed by atoms with Crippen LogP contribution in [0.1, 0.15) is 49.7 Å². The lowest BCUT2D eigenvalue weighted by Gasteiger charge is -2.36. The molecule has 2 heterocycles. The molecular weight excluding hydrogens is 442 g/mol. The van der Waals surface area contributed by atoms with E-state index in [1.807, 2.05) is 49.4 Å². The normalized spacial score (nSPS) is 23.8. The molecule has 0 spiro atoms. The number of ether oxygens (including phenoxy) is 3. The molecule has 3 aliphatic rings. The van der Waals surface area contributed by atoms with Crippen molar-refractivity contribution in [3.8, 4) is 11.5 Å². The number of nitrogens with zero attached hydrogens (tertiary/aromatic N) is 1. The van der Waals surface area contributed by atoms with Crippen molar-refractivity contribution in [2.45, 2.75) is 38.5 Å². The fourth-order valence-corrected chi connectivity index (χ4v) is 5.16. The lowest BCUT2D eigenvalue weighted by molar-refractivity contribution is -0.146. The van der Waals surface area contributed by atoms with E-state index in [1.165, 1.54) is 0 Å². The van der Waals surface area contributed by atoms with E-state index in [4.69, 9.17) is 30.8 Å². The van der Waals surface area contributed by atoms with Crippen LogP contribution in [0, 0.1) is 5.92 Å². The Morgan fingerprint density at radius 1 is 1.09 bits per heavy atom. The Bertz CT molecular complexity index is 1180. The summed E-state index contributed by atoms with van der Waals surface area (Å²) in [5.74, 6) is -0.240. The molecule has 1 aliphatic carbocycles. The third-order valence-corrected chi connectivity index (χ3v) is 6.78. The van der Waals surface area contributed by atoms with Crippen LogP contribution in [0.4, 0.5) is 0 Å². The molecule has 6 nitrogen and oxygen atoms in total. The second kappa shape index (κ2) is 8.67. The van der Waals surface area contributed by atoms with Crippen molar-refractivity contribution in [1.82, 2.24) is 0 Å². The van der Waals surface area contributed by atoms with Gasteiger partial charge in [-0.1, -0.05) is 29.8 Å². The minimum absolute atomic E-state index is 0.00409. The summed E-state index contributed by atoms with van der Waals surface area (Å²) in [6, 6.07) is 13.2. The van der Waals surface area contributed by atoms with E-state index in [0.717, 1.165) is 16.8 Å². The largest absolute Gasteiger partial charge is 0.465 e. The van der Waals surface area contributed by atoms with Gasteiger partial charge in [0.1, 0.15) is 5.92 Å². The van der Waals surface area contributed by atoms with Crippen LogP contribution in [0.15, 0.2) is 58.7 Å². The van der Waals surface area contributed by atoms with Gasteiger partial charge in [-0.05, 0) is 61.6 Å². The molecule has 7 heteroatoms. The highest BCUT2D eigenvalue weighted by Crippen LogP contribution is 2.48. The first-order valence-corrected chi connectivity index (χ1v) is 11.5. The highest BCUT2D eigenvalue weighted by Gasteiger charge is 2.45. The van der Waals surface area contributed by atoms with Crippen molar-refractivity contribution >= 4 is 29.1 Å². The minimum Gasteiger partial charge on any atom is -0.465 e. The summed E-state index contributed by atoms with van der Waals surface area (Å²) in [5, 5.41) is 0.660. The molecule has 0 bridgehead atoms. The molecule has 5 rings (SSSR count). The zero-order valence-electron chi connectivity index (χ0n) is 18.5. The molecule has 0 aromatic heterocycles. The molecule has 0 N–H and O–H groups in total. The van der Waals surface area contributed by atoms with Gasteiger partial charge in [0.25, 0.3) is 0 Å². The van der Waals surface area contributed by atoms with Crippen LogP contribution in [0.5, 0.6) is 11.5 Å². The fourth-order valence-electron chi connectivity index (χ4n) is 5.03. The van der Waals surface area contributed by atoms with Crippen LogP contribution in [0.3, 0.4) is 0 Å². The summed E-state index contributed by atoms with van der Waals surface area (Å²) in [7, 11) is 0. The maximum Gasteiger partial charge on any atom is 0.315 e. The molecule has 2 aromatic rings. The third-order valence-electron chi connectivity index (χ3n) is 6.53. The molecule has 170 valence electrons. The number of allylic oxidation sites excluding steroid dienone is 2. The molecule has 0 saturated carbocycles. The second-order valence-electron chi connectivity index (χ2n) is 8.51. The Hall–Kier alpha value is -3.12. The highest BCUT2D eigenvalue weighted by atomic mass is 35.5. The Morgan fingerprint density at radius 2 is 1.82 bits per heavy atom. The number of esters is 1. The first kappa shape index (κ1) is 21.7. The van der Waals surface area contributed by atoms with E-state index < -0.39 is 11.8 Å². The zero-order chi connectivity index (χ0) is 23.1. The van der Waals surface area contributed by atoms with E-state index in [2.05, 4.69) is 0 Å². The summed E-state index contributed by atoms with van der Waals surface area (Å²) in [6.45, 7) is 4.02. The summed E-state index contributed by atoms with van der Waals surface area (Å²) >= 11 is 6.05. The van der Waals surface area contributed by atoms with Gasteiger partial charge in [0, 0.05) is 34.3 Å². The van der Waals surface area contributed by atoms with Gasteiger partial charge >= 0.3 is 5.97 Å². The Balaban J connectivity index is 1.59. The molecule has 0 saturated heterocycles. The summed E-state index contributed by atoms with van der Waals surface area (Å²) in [4.78, 5) is 31.4. The number of benzene rings is 2. The fraction of sp³-hybridized carbons (Fsp3) is 0.346. The predicted octanol–water partition coefficient (Wildman–Crippen LogP) is 5.21. The van der Waals surface area contributed by atoms with Gasteiger partial charge in [-0.2, -0.15) is 0 Å². The van der Waals surface area contributed by atoms with E-state index >= 15 is 0 Å². The Labute approximate surface area is 197 Å². The van der Waals surface area contributed by atoms with Gasteiger partial charge in [-0.25, -0.2) is 0 Å². The summed E-state index contributed by atoms with van der Waals surface area (Å²) in [5.41, 5.74) is 3.87. The number of Topliss-reactive ketones (excluding diaryl/α,β-unsaturated/α-hetero) is 1. The van der Waals surface area contributed by atoms with E-state index in [9.17, 15) is 9.59 Å². The SMILES string of the molecule is CCOC(=O)C1C(C)=NC2=C(C(=O)C[C@@H](c3ccc(Cl)cc3)C2)[C@@H]1c1ccc2c(c1)OCO2. The minimum atomic E-state index is -0.667. The molecular formula is C26H24ClNO5. The third kappa shape index (κ3) is 3.93. The molecule has 3 atom stereocenters. The van der Waals surface area contributed by atoms with Gasteiger partial charge in [0.05, 0.1) is 6.61 Å². The second-order valence-corrected chi connectivity index (χ2v) is 8.95. The van der Waals surface area contributed by atoms with Gasteiger partial charge in [0.2, 0.25) is 6.79 Å². The van der Waals surface area contributed by atoms with Crippen LogP contribution in [-0.2, 0) is 14.3 Å². The van der Waals surface area contributed by atoms with Crippen molar-refractivity contribution in [1.29, 1.82) is 0 Å². The van der Waals surface area contributed by atoms with Crippen LogP contribution in [0.25, 0.3) is 0 Å². The summed E-state index contributed by atoms with van der Waals surface area (Å²) in [6.07, 6.45) is 0.974. The van der Waals surface area contributed by atoms with Crippen LogP contribution in [0.2, 0.25) is 5.02 Å². The van der Waals surface area contributed by atoms with Gasteiger partial charge < -0.3 is 14.2 Å². The van der Waals surface area contributed by atoms with E-state index in [0.29, 0.717) is 40.6 Å². The quantitative estimate of drug-likeness (QED) is 0.579. The number of ketones is 1. The Kier molecular flexibility index (Phi) is 5.71. The monoisotopic (exact) mass is 465 g/mol. The van der Waals surface area contributed by atoms with Gasteiger partial charge in [-0.15, -0.1) is 0 Å². The van der Waals surface area contributed by atoms with Crippen LogP contribution >= 0.6 is 11.6 Å². The first-order valence-electron chi connectivity index (χ1n) is 11.1. The number of aliphatic imine (C=N–C) groups is 1. The molecule has 0 radical (unpaired) electrons. The number of hydrogen-bond donors (Lipinski definition) is 0. The number of halogens is 1. The average Bonchev–Trinajstić information content (AvgIpc) is 3.26. The van der Waals surface area contributed by atoms with E-state index in [-0.39, 0.29) is 31.1 Å². The van der Waals surface area contributed by atoms with Crippen LogP contribution in [-0.4, -0.2) is 30.9 Å². The number of carbonyl (C=O) groups is 2. The van der Waals surface area contributed by atoms with Crippen molar-refractivity contribution in [3.63, 3.8) is 0 Å². The zero-order valence-corrected chi connectivity index (χ0v) is 19.2. The number of fused-ring (bicyclic) bond motifs is 1. The molecule has 1 unspecified atom stereocenters. The lowest BCUT2D eigenvalue weighted by Crippen LogP contribution is -2.38. The maximum atomic E-state index is 13.6. The molecule has 2 aliphatic heterocycles.